The van der Waals surface area contributed by atoms with Crippen LogP contribution in [0.3, 0.4) is 0 Å². The molecule has 1 aliphatic rings. The summed E-state index contributed by atoms with van der Waals surface area (Å²) in [4.78, 5) is 19.9. The average molecular weight is 218 g/mol. The molecule has 0 bridgehead atoms. The molecule has 1 heterocycles. The summed E-state index contributed by atoms with van der Waals surface area (Å²) in [6.07, 6.45) is 13.0. The van der Waals surface area contributed by atoms with Crippen LogP contribution in [0.2, 0.25) is 0 Å². The highest BCUT2D eigenvalue weighted by Crippen LogP contribution is 2.26. The molecule has 0 aliphatic heterocycles. The molecule has 0 unspecified atom stereocenters. The number of hydrogen-bond acceptors (Lipinski definition) is 3. The summed E-state index contributed by atoms with van der Waals surface area (Å²) < 4.78 is 0. The van der Waals surface area contributed by atoms with Gasteiger partial charge in [0.25, 0.3) is 0 Å². The molecule has 2 rings (SSSR count). The Bertz CT molecular complexity index is 329. The molecule has 0 saturated heterocycles. The van der Waals surface area contributed by atoms with Crippen LogP contribution in [0.1, 0.15) is 55.4 Å². The third-order valence-corrected chi connectivity index (χ3v) is 3.30. The van der Waals surface area contributed by atoms with Gasteiger partial charge in [0, 0.05) is 18.8 Å². The maximum Gasteiger partial charge on any atom is 0.183 e. The van der Waals surface area contributed by atoms with Gasteiger partial charge in [-0.15, -0.1) is 0 Å². The highest BCUT2D eigenvalue weighted by Gasteiger charge is 2.17. The van der Waals surface area contributed by atoms with Crippen LogP contribution in [-0.4, -0.2) is 15.8 Å². The largest absolute Gasteiger partial charge is 0.292 e. The fraction of sp³-hybridized carbons (Fsp3) is 0.615. The summed E-state index contributed by atoms with van der Waals surface area (Å²) in [5, 5.41) is 0. The lowest BCUT2D eigenvalue weighted by molar-refractivity contribution is 0.0951. The first-order chi connectivity index (χ1) is 7.86. The van der Waals surface area contributed by atoms with Crippen molar-refractivity contribution in [2.75, 3.05) is 0 Å². The van der Waals surface area contributed by atoms with Gasteiger partial charge in [-0.3, -0.25) is 9.78 Å². The monoisotopic (exact) mass is 218 g/mol. The van der Waals surface area contributed by atoms with Crippen molar-refractivity contribution in [2.24, 2.45) is 5.92 Å². The number of rotatable bonds is 3. The summed E-state index contributed by atoms with van der Waals surface area (Å²) in [5.41, 5.74) is 0.520. The zero-order valence-electron chi connectivity index (χ0n) is 9.56. The maximum absolute atomic E-state index is 11.9. The molecule has 0 spiro atoms. The lowest BCUT2D eigenvalue weighted by Gasteiger charge is -2.11. The van der Waals surface area contributed by atoms with Gasteiger partial charge in [0.05, 0.1) is 6.20 Å². The van der Waals surface area contributed by atoms with Crippen LogP contribution < -0.4 is 0 Å². The van der Waals surface area contributed by atoms with Crippen molar-refractivity contribution in [3.8, 4) is 0 Å². The first-order valence-electron chi connectivity index (χ1n) is 6.15. The van der Waals surface area contributed by atoms with Gasteiger partial charge in [-0.25, -0.2) is 4.98 Å². The molecule has 1 aliphatic carbocycles. The van der Waals surface area contributed by atoms with E-state index in [4.69, 9.17) is 0 Å². The number of nitrogens with zero attached hydrogens (tertiary/aromatic N) is 2. The minimum atomic E-state index is 0.153. The second-order valence-electron chi connectivity index (χ2n) is 4.58. The highest BCUT2D eigenvalue weighted by molar-refractivity contribution is 5.93. The molecular weight excluding hydrogens is 200 g/mol. The lowest BCUT2D eigenvalue weighted by Crippen LogP contribution is -2.10. The third-order valence-electron chi connectivity index (χ3n) is 3.30. The summed E-state index contributed by atoms with van der Waals surface area (Å²) >= 11 is 0. The predicted octanol–water partition coefficient (Wildman–Crippen LogP) is 3.02. The molecule has 0 atom stereocenters. The minimum Gasteiger partial charge on any atom is -0.292 e. The van der Waals surface area contributed by atoms with E-state index in [2.05, 4.69) is 9.97 Å². The van der Waals surface area contributed by atoms with Crippen molar-refractivity contribution in [1.29, 1.82) is 0 Å². The van der Waals surface area contributed by atoms with Crippen molar-refractivity contribution in [2.45, 2.75) is 44.9 Å². The van der Waals surface area contributed by atoms with Crippen molar-refractivity contribution in [3.05, 3.63) is 24.3 Å². The smallest absolute Gasteiger partial charge is 0.183 e. The van der Waals surface area contributed by atoms with Gasteiger partial charge in [-0.05, 0) is 5.92 Å². The van der Waals surface area contributed by atoms with Crippen LogP contribution in [-0.2, 0) is 0 Å². The molecule has 16 heavy (non-hydrogen) atoms. The quantitative estimate of drug-likeness (QED) is 0.578. The summed E-state index contributed by atoms with van der Waals surface area (Å²) in [6.45, 7) is 0. The summed E-state index contributed by atoms with van der Waals surface area (Å²) in [6, 6.07) is 0. The number of ketones is 1. The molecule has 1 saturated carbocycles. The normalized spacial score (nSPS) is 18.0. The fourth-order valence-corrected chi connectivity index (χ4v) is 2.38. The Kier molecular flexibility index (Phi) is 4.03. The maximum atomic E-state index is 11.9. The Morgan fingerprint density at radius 3 is 2.56 bits per heavy atom. The highest BCUT2D eigenvalue weighted by atomic mass is 16.1. The Morgan fingerprint density at radius 1 is 1.19 bits per heavy atom. The van der Waals surface area contributed by atoms with E-state index in [1.165, 1.54) is 38.5 Å². The first-order valence-corrected chi connectivity index (χ1v) is 6.15. The SMILES string of the molecule is O=C(CC1CCCCCC1)c1cnccn1. The molecule has 1 fully saturated rings. The molecule has 0 N–H and O–H groups in total. The topological polar surface area (TPSA) is 42.9 Å². The minimum absolute atomic E-state index is 0.153. The van der Waals surface area contributed by atoms with Crippen LogP contribution in [0.25, 0.3) is 0 Å². The molecule has 1 aromatic heterocycles. The van der Waals surface area contributed by atoms with Gasteiger partial charge < -0.3 is 0 Å². The van der Waals surface area contributed by atoms with E-state index in [1.54, 1.807) is 18.6 Å². The van der Waals surface area contributed by atoms with E-state index in [0.29, 0.717) is 18.0 Å². The second-order valence-corrected chi connectivity index (χ2v) is 4.58. The van der Waals surface area contributed by atoms with Gasteiger partial charge in [-0.1, -0.05) is 38.5 Å². The van der Waals surface area contributed by atoms with Crippen LogP contribution in [0.15, 0.2) is 18.6 Å². The third kappa shape index (κ3) is 3.12. The van der Waals surface area contributed by atoms with Crippen LogP contribution in [0.4, 0.5) is 0 Å². The van der Waals surface area contributed by atoms with Crippen molar-refractivity contribution in [3.63, 3.8) is 0 Å². The zero-order valence-corrected chi connectivity index (χ0v) is 9.56. The zero-order chi connectivity index (χ0) is 11.2. The number of Topliss-reactive ketones (excluding diaryl/α,β-unsaturated/α-hetero) is 1. The predicted molar refractivity (Wildman–Crippen MR) is 62.2 cm³/mol. The van der Waals surface area contributed by atoms with Crippen molar-refractivity contribution < 1.29 is 4.79 Å². The van der Waals surface area contributed by atoms with E-state index in [-0.39, 0.29) is 5.78 Å². The second kappa shape index (κ2) is 5.73. The molecule has 3 heteroatoms. The van der Waals surface area contributed by atoms with E-state index >= 15 is 0 Å². The van der Waals surface area contributed by atoms with Crippen LogP contribution in [0, 0.1) is 5.92 Å². The molecule has 86 valence electrons. The van der Waals surface area contributed by atoms with E-state index in [0.717, 1.165) is 0 Å². The summed E-state index contributed by atoms with van der Waals surface area (Å²) in [5.74, 6) is 0.719. The van der Waals surface area contributed by atoms with Crippen molar-refractivity contribution in [1.82, 2.24) is 9.97 Å². The lowest BCUT2D eigenvalue weighted by atomic mass is 9.93. The average Bonchev–Trinajstić information content (AvgIpc) is 2.59. The van der Waals surface area contributed by atoms with Crippen LogP contribution >= 0.6 is 0 Å². The van der Waals surface area contributed by atoms with Gasteiger partial charge in [0.1, 0.15) is 5.69 Å². The van der Waals surface area contributed by atoms with E-state index < -0.39 is 0 Å². The van der Waals surface area contributed by atoms with Crippen LogP contribution in [0.5, 0.6) is 0 Å². The first kappa shape index (κ1) is 11.2. The number of carbonyl (C=O) groups excluding carboxylic acids is 1. The van der Waals surface area contributed by atoms with E-state index in [9.17, 15) is 4.79 Å². The Hall–Kier alpha value is -1.25. The van der Waals surface area contributed by atoms with Gasteiger partial charge >= 0.3 is 0 Å². The molecule has 0 amide bonds. The number of carbonyl (C=O) groups is 1. The Labute approximate surface area is 96.3 Å². The number of hydrogen-bond donors (Lipinski definition) is 0. The Morgan fingerprint density at radius 2 is 1.94 bits per heavy atom. The molecule has 3 nitrogen and oxygen atoms in total. The summed E-state index contributed by atoms with van der Waals surface area (Å²) in [7, 11) is 0. The van der Waals surface area contributed by atoms with Gasteiger partial charge in [0.15, 0.2) is 5.78 Å². The molecule has 0 radical (unpaired) electrons. The molecule has 1 aromatic rings. The van der Waals surface area contributed by atoms with E-state index in [1.807, 2.05) is 0 Å². The number of aromatic nitrogens is 2. The van der Waals surface area contributed by atoms with Gasteiger partial charge in [0.2, 0.25) is 0 Å². The molecular formula is C13H18N2O. The Balaban J connectivity index is 1.91. The fourth-order valence-electron chi connectivity index (χ4n) is 2.38. The standard InChI is InChI=1S/C13H18N2O/c16-13(12-10-14-7-8-15-12)9-11-5-3-1-2-4-6-11/h7-8,10-11H,1-6,9H2. The molecule has 0 aromatic carbocycles. The van der Waals surface area contributed by atoms with Gasteiger partial charge in [-0.2, -0.15) is 0 Å². The van der Waals surface area contributed by atoms with Crippen molar-refractivity contribution >= 4 is 5.78 Å².